The van der Waals surface area contributed by atoms with Crippen molar-refractivity contribution in [2.24, 2.45) is 11.5 Å². The zero-order chi connectivity index (χ0) is 29.3. The third kappa shape index (κ3) is 9.12. The summed E-state index contributed by atoms with van der Waals surface area (Å²) in [6, 6.07) is 0.335. The number of rotatable bonds is 15. The van der Waals surface area contributed by atoms with Crippen molar-refractivity contribution in [2.75, 3.05) is 0 Å². The van der Waals surface area contributed by atoms with Gasteiger partial charge in [0.2, 0.25) is 23.6 Å². The average Bonchev–Trinajstić information content (AvgIpc) is 3.24. The van der Waals surface area contributed by atoms with Crippen LogP contribution < -0.4 is 27.4 Å². The van der Waals surface area contributed by atoms with Crippen LogP contribution in [-0.4, -0.2) is 86.0 Å². The van der Waals surface area contributed by atoms with E-state index in [1.165, 1.54) is 0 Å². The molecule has 39 heavy (non-hydrogen) atoms. The molecule has 11 N–H and O–H groups in total. The Morgan fingerprint density at radius 3 is 1.90 bits per heavy atom. The second-order valence-corrected chi connectivity index (χ2v) is 8.56. The Bertz CT molecular complexity index is 1280. The van der Waals surface area contributed by atoms with Crippen molar-refractivity contribution in [3.05, 3.63) is 36.0 Å². The van der Waals surface area contributed by atoms with Gasteiger partial charge in [-0.2, -0.15) is 0 Å². The minimum absolute atomic E-state index is 0.226. The molecule has 1 aromatic heterocycles. The lowest BCUT2D eigenvalue weighted by molar-refractivity contribution is -0.147. The Morgan fingerprint density at radius 2 is 1.31 bits per heavy atom. The number of amides is 4. The molecule has 16 nitrogen and oxygen atoms in total. The predicted octanol–water partition coefficient (Wildman–Crippen LogP) is -2.60. The lowest BCUT2D eigenvalue weighted by Crippen LogP contribution is -2.58. The highest BCUT2D eigenvalue weighted by Crippen LogP contribution is 2.19. The van der Waals surface area contributed by atoms with Gasteiger partial charge < -0.3 is 47.7 Å². The zero-order valence-corrected chi connectivity index (χ0v) is 20.4. The van der Waals surface area contributed by atoms with Gasteiger partial charge in [0.15, 0.2) is 0 Å². The Morgan fingerprint density at radius 1 is 0.769 bits per heavy atom. The van der Waals surface area contributed by atoms with Crippen LogP contribution in [0.25, 0.3) is 10.9 Å². The zero-order valence-electron chi connectivity index (χ0n) is 20.4. The van der Waals surface area contributed by atoms with Gasteiger partial charge >= 0.3 is 17.9 Å². The monoisotopic (exact) mass is 548 g/mol. The molecule has 0 spiro atoms. The van der Waals surface area contributed by atoms with Crippen molar-refractivity contribution < 1.29 is 48.9 Å². The van der Waals surface area contributed by atoms with Gasteiger partial charge in [-0.05, 0) is 11.6 Å². The number of hydrogen-bond acceptors (Lipinski definition) is 8. The lowest BCUT2D eigenvalue weighted by Gasteiger charge is -2.24. The van der Waals surface area contributed by atoms with Crippen LogP contribution in [0, 0.1) is 0 Å². The number of hydrogen-bond donors (Lipinski definition) is 9. The number of nitrogens with two attached hydrogens (primary N) is 2. The molecule has 2 aromatic rings. The molecule has 2 rings (SSSR count). The number of H-pyrrole nitrogens is 1. The average molecular weight is 549 g/mol. The van der Waals surface area contributed by atoms with Crippen molar-refractivity contribution in [3.63, 3.8) is 0 Å². The molecule has 4 unspecified atom stereocenters. The van der Waals surface area contributed by atoms with Gasteiger partial charge in [-0.25, -0.2) is 4.79 Å². The molecule has 0 aliphatic carbocycles. The molecule has 0 bridgehead atoms. The third-order valence-corrected chi connectivity index (χ3v) is 5.49. The third-order valence-electron chi connectivity index (χ3n) is 5.49. The Balaban J connectivity index is 2.34. The molecule has 0 saturated carbocycles. The number of carbonyl (C=O) groups excluding carboxylic acids is 4. The summed E-state index contributed by atoms with van der Waals surface area (Å²) >= 11 is 0. The highest BCUT2D eigenvalue weighted by molar-refractivity contribution is 5.97. The van der Waals surface area contributed by atoms with E-state index in [2.05, 4.69) is 20.9 Å². The SMILES string of the molecule is NC(=O)CC(N)C(=O)NC(CC(=O)O)C(=O)NC(Cc1c[nH]c2ccccc12)C(=O)NC(CC(=O)O)C(=O)O. The summed E-state index contributed by atoms with van der Waals surface area (Å²) in [6.45, 7) is 0. The molecule has 0 fully saturated rings. The van der Waals surface area contributed by atoms with E-state index >= 15 is 0 Å². The van der Waals surface area contributed by atoms with Gasteiger partial charge in [-0.15, -0.1) is 0 Å². The van der Waals surface area contributed by atoms with E-state index in [0.717, 1.165) is 0 Å². The van der Waals surface area contributed by atoms with Gasteiger partial charge in [0.05, 0.1) is 25.3 Å². The van der Waals surface area contributed by atoms with E-state index < -0.39 is 85.0 Å². The van der Waals surface area contributed by atoms with Crippen molar-refractivity contribution in [3.8, 4) is 0 Å². The molecule has 0 aliphatic heterocycles. The minimum atomic E-state index is -1.83. The molecule has 16 heteroatoms. The number of primary amides is 1. The van der Waals surface area contributed by atoms with Crippen LogP contribution in [-0.2, 0) is 40.0 Å². The largest absolute Gasteiger partial charge is 0.481 e. The molecule has 0 aliphatic rings. The standard InChI is InChI=1S/C23H28N6O10/c24-12(6-17(25)30)20(35)27-15(7-18(31)32)22(37)28-14(21(36)29-16(23(38)39)8-19(33)34)5-10-9-26-13-4-2-1-3-11(10)13/h1-4,9,12,14-16,26H,5-8,24H2,(H2,25,30)(H,27,35)(H,28,37)(H,29,36)(H,31,32)(H,33,34)(H,38,39). The number of aliphatic carboxylic acids is 3. The van der Waals surface area contributed by atoms with Crippen LogP contribution in [0.15, 0.2) is 30.5 Å². The van der Waals surface area contributed by atoms with Crippen LogP contribution in [0.4, 0.5) is 0 Å². The topological polar surface area (TPSA) is 284 Å². The predicted molar refractivity (Wildman–Crippen MR) is 132 cm³/mol. The van der Waals surface area contributed by atoms with E-state index in [4.69, 9.17) is 16.6 Å². The number of para-hydroxylation sites is 1. The van der Waals surface area contributed by atoms with Gasteiger partial charge in [-0.1, -0.05) is 18.2 Å². The van der Waals surface area contributed by atoms with Crippen molar-refractivity contribution in [2.45, 2.75) is 49.9 Å². The first-order valence-electron chi connectivity index (χ1n) is 11.4. The number of carboxylic acid groups (broad SMARTS) is 3. The number of nitrogens with one attached hydrogen (secondary N) is 4. The van der Waals surface area contributed by atoms with Gasteiger partial charge in [-0.3, -0.25) is 28.8 Å². The molecule has 4 amide bonds. The summed E-state index contributed by atoms with van der Waals surface area (Å²) in [5.41, 5.74) is 11.7. The van der Waals surface area contributed by atoms with E-state index in [0.29, 0.717) is 16.5 Å². The maximum atomic E-state index is 13.1. The van der Waals surface area contributed by atoms with Crippen molar-refractivity contribution in [1.82, 2.24) is 20.9 Å². The van der Waals surface area contributed by atoms with Crippen LogP contribution in [0.5, 0.6) is 0 Å². The number of benzene rings is 1. The summed E-state index contributed by atoms with van der Waals surface area (Å²) in [5.74, 6) is -8.82. The summed E-state index contributed by atoms with van der Waals surface area (Å²) in [7, 11) is 0. The van der Waals surface area contributed by atoms with Crippen LogP contribution in [0.3, 0.4) is 0 Å². The second kappa shape index (κ2) is 13.5. The number of aromatic nitrogens is 1. The maximum Gasteiger partial charge on any atom is 0.326 e. The van der Waals surface area contributed by atoms with E-state index in [9.17, 15) is 43.8 Å². The fourth-order valence-corrected chi connectivity index (χ4v) is 3.62. The first-order chi connectivity index (χ1) is 18.3. The summed E-state index contributed by atoms with van der Waals surface area (Å²) in [6.07, 6.45) is -1.15. The smallest absolute Gasteiger partial charge is 0.326 e. The summed E-state index contributed by atoms with van der Waals surface area (Å²) in [4.78, 5) is 86.3. The van der Waals surface area contributed by atoms with E-state index in [1.807, 2.05) is 0 Å². The van der Waals surface area contributed by atoms with Crippen molar-refractivity contribution >= 4 is 52.4 Å². The molecule has 1 heterocycles. The van der Waals surface area contributed by atoms with E-state index in [1.54, 1.807) is 30.5 Å². The molecular weight excluding hydrogens is 520 g/mol. The highest BCUT2D eigenvalue weighted by atomic mass is 16.4. The fraction of sp³-hybridized carbons (Fsp3) is 0.348. The van der Waals surface area contributed by atoms with E-state index in [-0.39, 0.29) is 6.42 Å². The van der Waals surface area contributed by atoms with Gasteiger partial charge in [0.1, 0.15) is 18.1 Å². The van der Waals surface area contributed by atoms with Crippen LogP contribution in [0.2, 0.25) is 0 Å². The quantitative estimate of drug-likeness (QED) is 0.111. The molecule has 1 aromatic carbocycles. The van der Waals surface area contributed by atoms with Crippen LogP contribution >= 0.6 is 0 Å². The molecule has 4 atom stereocenters. The summed E-state index contributed by atoms with van der Waals surface area (Å²) in [5, 5.41) is 34.6. The minimum Gasteiger partial charge on any atom is -0.481 e. The van der Waals surface area contributed by atoms with Crippen LogP contribution in [0.1, 0.15) is 24.8 Å². The molecule has 0 saturated heterocycles. The Kier molecular flexibility index (Phi) is 10.5. The second-order valence-electron chi connectivity index (χ2n) is 8.56. The van der Waals surface area contributed by atoms with Gasteiger partial charge in [0, 0.05) is 23.5 Å². The highest BCUT2D eigenvalue weighted by Gasteiger charge is 2.32. The Labute approximate surface area is 220 Å². The normalized spacial score (nSPS) is 13.9. The first-order valence-corrected chi connectivity index (χ1v) is 11.4. The fourth-order valence-electron chi connectivity index (χ4n) is 3.62. The molecule has 210 valence electrons. The lowest BCUT2D eigenvalue weighted by atomic mass is 10.0. The Hall–Kier alpha value is -4.99. The molecular formula is C23H28N6O10. The number of fused-ring (bicyclic) bond motifs is 1. The number of aromatic amines is 1. The number of carboxylic acids is 3. The van der Waals surface area contributed by atoms with Gasteiger partial charge in [0.25, 0.3) is 0 Å². The number of carbonyl (C=O) groups is 7. The maximum absolute atomic E-state index is 13.1. The first kappa shape index (κ1) is 30.2. The summed E-state index contributed by atoms with van der Waals surface area (Å²) < 4.78 is 0. The van der Waals surface area contributed by atoms with Crippen molar-refractivity contribution in [1.29, 1.82) is 0 Å². The molecule has 0 radical (unpaired) electrons.